The molecule has 41 heavy (non-hydrogen) atoms. The molecule has 1 atom stereocenters. The fourth-order valence-electron chi connectivity index (χ4n) is 5.18. The van der Waals surface area contributed by atoms with Gasteiger partial charge in [0.25, 0.3) is 5.91 Å². The quantitative estimate of drug-likeness (QED) is 0.273. The molecule has 0 unspecified atom stereocenters. The lowest BCUT2D eigenvalue weighted by Gasteiger charge is -2.29. The second-order valence-electron chi connectivity index (χ2n) is 10.00. The fourth-order valence-corrected chi connectivity index (χ4v) is 6.20. The van der Waals surface area contributed by atoms with Gasteiger partial charge in [-0.2, -0.15) is 0 Å². The summed E-state index contributed by atoms with van der Waals surface area (Å²) in [7, 11) is 0. The minimum Gasteiger partial charge on any atom is -0.439 e. The van der Waals surface area contributed by atoms with E-state index in [1.807, 2.05) is 37.3 Å². The fraction of sp³-hybridized carbons (Fsp3) is 0.267. The van der Waals surface area contributed by atoms with Gasteiger partial charge in [0.1, 0.15) is 15.5 Å². The molecule has 1 saturated carbocycles. The summed E-state index contributed by atoms with van der Waals surface area (Å²) in [5, 5.41) is 6.72. The first kappa shape index (κ1) is 26.6. The third-order valence-corrected chi connectivity index (χ3v) is 8.23. The predicted octanol–water partition coefficient (Wildman–Crippen LogP) is 6.53. The number of anilines is 3. The van der Waals surface area contributed by atoms with Crippen molar-refractivity contribution >= 4 is 62.2 Å². The molecule has 1 fully saturated rings. The summed E-state index contributed by atoms with van der Waals surface area (Å²) in [5.74, 6) is 0.658. The molecule has 6 rings (SSSR count). The van der Waals surface area contributed by atoms with Gasteiger partial charge < -0.3 is 15.4 Å². The summed E-state index contributed by atoms with van der Waals surface area (Å²) in [5.41, 5.74) is 3.28. The number of nitrogens with zero attached hydrogens (tertiary/aromatic N) is 4. The van der Waals surface area contributed by atoms with Crippen molar-refractivity contribution in [2.75, 3.05) is 10.2 Å². The number of hydrogen-bond acceptors (Lipinski definition) is 7. The number of aromatic nitrogens is 2. The Morgan fingerprint density at radius 3 is 2.80 bits per heavy atom. The van der Waals surface area contributed by atoms with Gasteiger partial charge in [-0.25, -0.2) is 19.8 Å². The van der Waals surface area contributed by atoms with Crippen LogP contribution in [0.2, 0.25) is 0 Å². The van der Waals surface area contributed by atoms with Crippen LogP contribution < -0.4 is 20.3 Å². The van der Waals surface area contributed by atoms with Crippen molar-refractivity contribution in [1.82, 2.24) is 15.3 Å². The average Bonchev–Trinajstić information content (AvgIpc) is 3.34. The Hall–Kier alpha value is -4.64. The highest BCUT2D eigenvalue weighted by atomic mass is 32.1. The molecule has 3 aromatic heterocycles. The lowest BCUT2D eigenvalue weighted by molar-refractivity contribution is -0.117. The van der Waals surface area contributed by atoms with Crippen LogP contribution in [0.4, 0.5) is 21.9 Å². The normalized spacial score (nSPS) is 17.4. The van der Waals surface area contributed by atoms with Crippen molar-refractivity contribution in [2.45, 2.75) is 52.0 Å². The molecule has 0 spiro atoms. The van der Waals surface area contributed by atoms with E-state index in [-0.39, 0.29) is 17.9 Å². The molecule has 10 nitrogen and oxygen atoms in total. The van der Waals surface area contributed by atoms with E-state index < -0.39 is 6.03 Å². The molecule has 1 aromatic carbocycles. The van der Waals surface area contributed by atoms with E-state index in [9.17, 15) is 14.4 Å². The van der Waals surface area contributed by atoms with E-state index in [0.717, 1.165) is 30.5 Å². The van der Waals surface area contributed by atoms with Gasteiger partial charge >= 0.3 is 6.03 Å². The summed E-state index contributed by atoms with van der Waals surface area (Å²) in [6.07, 6.45) is 6.55. The van der Waals surface area contributed by atoms with Crippen molar-refractivity contribution < 1.29 is 19.1 Å². The van der Waals surface area contributed by atoms with Crippen molar-refractivity contribution in [3.63, 3.8) is 0 Å². The maximum Gasteiger partial charge on any atom is 0.331 e. The Balaban J connectivity index is 1.28. The Morgan fingerprint density at radius 1 is 1.20 bits per heavy atom. The molecule has 11 heteroatoms. The average molecular weight is 569 g/mol. The van der Waals surface area contributed by atoms with Gasteiger partial charge in [-0.15, -0.1) is 11.3 Å². The lowest BCUT2D eigenvalue weighted by atomic mass is 9.93. The first-order valence-corrected chi connectivity index (χ1v) is 14.3. The molecular weight excluding hydrogens is 540 g/mol. The zero-order chi connectivity index (χ0) is 28.5. The smallest absolute Gasteiger partial charge is 0.331 e. The Morgan fingerprint density at radius 2 is 2.02 bits per heavy atom. The Labute approximate surface area is 240 Å². The molecule has 2 aliphatic rings. The molecule has 2 N–H and O–H groups in total. The van der Waals surface area contributed by atoms with Gasteiger partial charge in [-0.1, -0.05) is 25.1 Å². The predicted molar refractivity (Wildman–Crippen MR) is 159 cm³/mol. The lowest BCUT2D eigenvalue weighted by Crippen LogP contribution is -2.39. The number of benzene rings is 1. The molecule has 4 heterocycles. The van der Waals surface area contributed by atoms with Crippen LogP contribution in [0.25, 0.3) is 10.2 Å². The van der Waals surface area contributed by atoms with Gasteiger partial charge in [-0.3, -0.25) is 14.5 Å². The van der Waals surface area contributed by atoms with E-state index in [2.05, 4.69) is 25.6 Å². The summed E-state index contributed by atoms with van der Waals surface area (Å²) >= 11 is 1.24. The van der Waals surface area contributed by atoms with E-state index in [4.69, 9.17) is 4.74 Å². The monoisotopic (exact) mass is 568 g/mol. The van der Waals surface area contributed by atoms with Gasteiger partial charge in [0, 0.05) is 36.9 Å². The minimum absolute atomic E-state index is 0.134. The number of aryl methyl sites for hydroxylation is 1. The van der Waals surface area contributed by atoms with Crippen molar-refractivity contribution in [3.8, 4) is 11.6 Å². The van der Waals surface area contributed by atoms with E-state index >= 15 is 0 Å². The van der Waals surface area contributed by atoms with Crippen molar-refractivity contribution in [3.05, 3.63) is 65.3 Å². The number of carbonyl (C=O) groups is 3. The second-order valence-corrected chi connectivity index (χ2v) is 11.0. The number of thiophene rings is 1. The standard InChI is InChI=1S/C30H28N6O4S/c1-3-23(37)33-18-8-7-9-19(15-18)34-28(38)27-26-25-21(12-13-31-29(25)41-27)36(30(39)35-26)22-16-32-24(14-17(22)2)40-20-10-5-4-6-11-20/h4-6,10-14,16,19H,3,7-9,15H2,1-2H3,(H,34,38)(H,35,39)/b33-18+/t19-/m1/s1. The first-order chi connectivity index (χ1) is 19.9. The number of carbonyl (C=O) groups excluding carboxylic acids is 3. The molecule has 0 radical (unpaired) electrons. The maximum atomic E-state index is 13.5. The third-order valence-electron chi connectivity index (χ3n) is 7.14. The van der Waals surface area contributed by atoms with Crippen LogP contribution in [-0.4, -0.2) is 39.6 Å². The molecule has 4 aromatic rings. The van der Waals surface area contributed by atoms with Gasteiger partial charge in [0.15, 0.2) is 0 Å². The summed E-state index contributed by atoms with van der Waals surface area (Å²) in [4.78, 5) is 54.5. The molecule has 1 aliphatic heterocycles. The highest BCUT2D eigenvalue weighted by Crippen LogP contribution is 2.46. The molecule has 0 bridgehead atoms. The topological polar surface area (TPSA) is 126 Å². The summed E-state index contributed by atoms with van der Waals surface area (Å²) < 4.78 is 5.86. The van der Waals surface area contributed by atoms with E-state index in [1.54, 1.807) is 36.4 Å². The van der Waals surface area contributed by atoms with Crippen LogP contribution in [-0.2, 0) is 4.79 Å². The third kappa shape index (κ3) is 5.28. The van der Waals surface area contributed by atoms with Crippen molar-refractivity contribution in [1.29, 1.82) is 0 Å². The number of ether oxygens (including phenoxy) is 1. The summed E-state index contributed by atoms with van der Waals surface area (Å²) in [6.45, 7) is 3.67. The molecule has 1 aliphatic carbocycles. The first-order valence-electron chi connectivity index (χ1n) is 13.5. The highest BCUT2D eigenvalue weighted by molar-refractivity contribution is 7.21. The van der Waals surface area contributed by atoms with Crippen LogP contribution >= 0.6 is 11.3 Å². The number of urea groups is 1. The molecule has 0 saturated heterocycles. The van der Waals surface area contributed by atoms with Crippen molar-refractivity contribution in [2.24, 2.45) is 4.99 Å². The minimum atomic E-state index is -0.399. The number of amides is 4. The van der Waals surface area contributed by atoms with Crippen LogP contribution in [0.15, 0.2) is 59.9 Å². The maximum absolute atomic E-state index is 13.5. The summed E-state index contributed by atoms with van der Waals surface area (Å²) in [6, 6.07) is 12.4. The zero-order valence-corrected chi connectivity index (χ0v) is 23.5. The number of para-hydroxylation sites is 1. The SMILES string of the molecule is CCC(=O)/N=C1\CCC[C@@H](NC(=O)c2sc3nccc4c3c2NC(=O)N4c2cnc(Oc3ccccc3)cc2C)C1. The highest BCUT2D eigenvalue weighted by Gasteiger charge is 2.34. The molecule has 4 amide bonds. The molecule has 208 valence electrons. The van der Waals surface area contributed by atoms with Gasteiger partial charge in [0.05, 0.1) is 28.6 Å². The van der Waals surface area contributed by atoms with E-state index in [1.165, 1.54) is 11.3 Å². The second kappa shape index (κ2) is 11.1. The molecular formula is C30H28N6O4S. The van der Waals surface area contributed by atoms with Crippen LogP contribution in [0.3, 0.4) is 0 Å². The number of rotatable bonds is 6. The number of aliphatic imine (C=N–C) groups is 1. The Bertz CT molecular complexity index is 1700. The van der Waals surface area contributed by atoms with E-state index in [0.29, 0.717) is 56.6 Å². The number of hydrogen-bond donors (Lipinski definition) is 2. The van der Waals surface area contributed by atoms with Gasteiger partial charge in [-0.05, 0) is 49.9 Å². The zero-order valence-electron chi connectivity index (χ0n) is 22.6. The van der Waals surface area contributed by atoms with Crippen LogP contribution in [0, 0.1) is 6.92 Å². The van der Waals surface area contributed by atoms with Gasteiger partial charge in [0.2, 0.25) is 11.8 Å². The number of nitrogens with one attached hydrogen (secondary N) is 2. The largest absolute Gasteiger partial charge is 0.439 e. The van der Waals surface area contributed by atoms with Crippen LogP contribution in [0.5, 0.6) is 11.6 Å². The van der Waals surface area contributed by atoms with Crippen LogP contribution in [0.1, 0.15) is 54.3 Å². The Kier molecular flexibility index (Phi) is 7.19. The number of pyridine rings is 2.